The summed E-state index contributed by atoms with van der Waals surface area (Å²) in [6.45, 7) is 7.17. The molecule has 0 aromatic heterocycles. The van der Waals surface area contributed by atoms with E-state index in [-0.39, 0.29) is 5.91 Å². The lowest BCUT2D eigenvalue weighted by Crippen LogP contribution is -2.33. The molecule has 0 spiro atoms. The van der Waals surface area contributed by atoms with E-state index in [1.54, 1.807) is 0 Å². The number of hydrogen-bond acceptors (Lipinski definition) is 3. The second-order valence-electron chi connectivity index (χ2n) is 10.5. The van der Waals surface area contributed by atoms with E-state index in [0.717, 1.165) is 37.7 Å². The minimum atomic E-state index is -0.000693. The van der Waals surface area contributed by atoms with E-state index in [2.05, 4.69) is 81.8 Å². The van der Waals surface area contributed by atoms with Crippen LogP contribution in [0.15, 0.2) is 78.9 Å². The molecule has 36 heavy (non-hydrogen) atoms. The van der Waals surface area contributed by atoms with Crippen molar-refractivity contribution in [2.75, 3.05) is 26.2 Å². The summed E-state index contributed by atoms with van der Waals surface area (Å²) in [5.41, 5.74) is 6.01. The number of rotatable bonds is 9. The van der Waals surface area contributed by atoms with Gasteiger partial charge >= 0.3 is 0 Å². The first-order valence-corrected chi connectivity index (χ1v) is 13.7. The van der Waals surface area contributed by atoms with Crippen molar-refractivity contribution in [3.63, 3.8) is 0 Å². The SMILES string of the molecule is O=C(NCc1ccccc1CN1CCCC1)c1ccc(CN2CCC(Cc3ccccc3)CC2)cc1. The van der Waals surface area contributed by atoms with Crippen molar-refractivity contribution in [2.45, 2.75) is 51.7 Å². The lowest BCUT2D eigenvalue weighted by Gasteiger charge is -2.32. The zero-order valence-electron chi connectivity index (χ0n) is 21.4. The molecule has 3 aromatic rings. The number of carbonyl (C=O) groups is 1. The van der Waals surface area contributed by atoms with Gasteiger partial charge in [-0.2, -0.15) is 0 Å². The standard InChI is InChI=1S/C32H39N3O/c36-32(33-23-30-10-4-5-11-31(30)25-34-18-6-7-19-34)29-14-12-28(13-15-29)24-35-20-16-27(17-21-35)22-26-8-2-1-3-9-26/h1-5,8-15,27H,6-7,16-25H2,(H,33,36). The van der Waals surface area contributed by atoms with E-state index in [1.807, 2.05) is 12.1 Å². The van der Waals surface area contributed by atoms with E-state index in [4.69, 9.17) is 0 Å². The molecular weight excluding hydrogens is 442 g/mol. The summed E-state index contributed by atoms with van der Waals surface area (Å²) in [7, 11) is 0. The van der Waals surface area contributed by atoms with Gasteiger partial charge in [-0.1, -0.05) is 66.7 Å². The predicted octanol–water partition coefficient (Wildman–Crippen LogP) is 5.67. The smallest absolute Gasteiger partial charge is 0.251 e. The molecule has 4 heteroatoms. The molecule has 2 saturated heterocycles. The molecule has 3 aromatic carbocycles. The first-order chi connectivity index (χ1) is 17.7. The summed E-state index contributed by atoms with van der Waals surface area (Å²) in [4.78, 5) is 17.9. The summed E-state index contributed by atoms with van der Waals surface area (Å²) in [5, 5.41) is 3.14. The van der Waals surface area contributed by atoms with Gasteiger partial charge in [0.1, 0.15) is 0 Å². The largest absolute Gasteiger partial charge is 0.348 e. The average Bonchev–Trinajstić information content (AvgIpc) is 3.43. The Bertz CT molecular complexity index is 1100. The van der Waals surface area contributed by atoms with Gasteiger partial charge in [0.15, 0.2) is 0 Å². The summed E-state index contributed by atoms with van der Waals surface area (Å²) in [6, 6.07) is 27.5. The minimum Gasteiger partial charge on any atom is -0.348 e. The average molecular weight is 482 g/mol. The number of carbonyl (C=O) groups excluding carboxylic acids is 1. The first-order valence-electron chi connectivity index (χ1n) is 13.7. The topological polar surface area (TPSA) is 35.6 Å². The van der Waals surface area contributed by atoms with Crippen LogP contribution in [0.4, 0.5) is 0 Å². The number of piperidine rings is 1. The van der Waals surface area contributed by atoms with Gasteiger partial charge in [0.2, 0.25) is 0 Å². The zero-order chi connectivity index (χ0) is 24.6. The van der Waals surface area contributed by atoms with E-state index < -0.39 is 0 Å². The van der Waals surface area contributed by atoms with E-state index in [9.17, 15) is 4.79 Å². The highest BCUT2D eigenvalue weighted by Crippen LogP contribution is 2.23. The molecule has 0 radical (unpaired) electrons. The van der Waals surface area contributed by atoms with Crippen LogP contribution in [0.5, 0.6) is 0 Å². The molecular formula is C32H39N3O. The Labute approximate surface area is 216 Å². The fourth-order valence-electron chi connectivity index (χ4n) is 5.66. The van der Waals surface area contributed by atoms with Crippen LogP contribution in [0, 0.1) is 5.92 Å². The highest BCUT2D eigenvalue weighted by atomic mass is 16.1. The quantitative estimate of drug-likeness (QED) is 0.428. The molecule has 0 saturated carbocycles. The predicted molar refractivity (Wildman–Crippen MR) is 147 cm³/mol. The van der Waals surface area contributed by atoms with Crippen LogP contribution in [-0.4, -0.2) is 41.9 Å². The van der Waals surface area contributed by atoms with Gasteiger partial charge < -0.3 is 5.32 Å². The Morgan fingerprint density at radius 3 is 2.06 bits per heavy atom. The molecule has 0 unspecified atom stereocenters. The monoisotopic (exact) mass is 481 g/mol. The van der Waals surface area contributed by atoms with E-state index in [1.165, 1.54) is 67.4 Å². The van der Waals surface area contributed by atoms with Crippen molar-refractivity contribution < 1.29 is 4.79 Å². The van der Waals surface area contributed by atoms with E-state index >= 15 is 0 Å². The van der Waals surface area contributed by atoms with Crippen molar-refractivity contribution in [2.24, 2.45) is 5.92 Å². The highest BCUT2D eigenvalue weighted by molar-refractivity contribution is 5.94. The molecule has 1 amide bonds. The maximum absolute atomic E-state index is 12.8. The van der Waals surface area contributed by atoms with Crippen molar-refractivity contribution >= 4 is 5.91 Å². The number of likely N-dealkylation sites (tertiary alicyclic amines) is 2. The molecule has 2 aliphatic heterocycles. The molecule has 2 fully saturated rings. The summed E-state index contributed by atoms with van der Waals surface area (Å²) >= 11 is 0. The molecule has 188 valence electrons. The van der Waals surface area contributed by atoms with Gasteiger partial charge in [-0.25, -0.2) is 0 Å². The van der Waals surface area contributed by atoms with Crippen molar-refractivity contribution in [3.8, 4) is 0 Å². The molecule has 2 aliphatic rings. The van der Waals surface area contributed by atoms with E-state index in [0.29, 0.717) is 6.54 Å². The maximum Gasteiger partial charge on any atom is 0.251 e. The molecule has 0 aliphatic carbocycles. The van der Waals surface area contributed by atoms with Crippen LogP contribution >= 0.6 is 0 Å². The van der Waals surface area contributed by atoms with Crippen LogP contribution in [-0.2, 0) is 26.1 Å². The second kappa shape index (κ2) is 12.3. The Hall–Kier alpha value is -2.95. The molecule has 4 nitrogen and oxygen atoms in total. The summed E-state index contributed by atoms with van der Waals surface area (Å²) in [6.07, 6.45) is 6.30. The second-order valence-corrected chi connectivity index (χ2v) is 10.5. The fourth-order valence-corrected chi connectivity index (χ4v) is 5.66. The lowest BCUT2D eigenvalue weighted by atomic mass is 9.90. The van der Waals surface area contributed by atoms with Crippen LogP contribution in [0.1, 0.15) is 58.3 Å². The van der Waals surface area contributed by atoms with Crippen LogP contribution in [0.2, 0.25) is 0 Å². The Balaban J connectivity index is 1.08. The zero-order valence-corrected chi connectivity index (χ0v) is 21.4. The number of nitrogens with zero attached hydrogens (tertiary/aromatic N) is 2. The molecule has 2 heterocycles. The normalized spacial score (nSPS) is 17.3. The lowest BCUT2D eigenvalue weighted by molar-refractivity contribution is 0.0950. The fraction of sp³-hybridized carbons (Fsp3) is 0.406. The van der Waals surface area contributed by atoms with Gasteiger partial charge in [-0.05, 0) is 98.6 Å². The Morgan fingerprint density at radius 2 is 1.33 bits per heavy atom. The summed E-state index contributed by atoms with van der Waals surface area (Å²) < 4.78 is 0. The van der Waals surface area contributed by atoms with Crippen molar-refractivity contribution in [1.82, 2.24) is 15.1 Å². The van der Waals surface area contributed by atoms with Crippen LogP contribution in [0.3, 0.4) is 0 Å². The first kappa shape index (κ1) is 24.7. The third-order valence-electron chi connectivity index (χ3n) is 7.85. The van der Waals surface area contributed by atoms with Gasteiger partial charge in [0, 0.05) is 25.2 Å². The number of amides is 1. The minimum absolute atomic E-state index is 0.000693. The molecule has 0 bridgehead atoms. The number of benzene rings is 3. The van der Waals surface area contributed by atoms with Gasteiger partial charge in [0.05, 0.1) is 0 Å². The third kappa shape index (κ3) is 6.83. The summed E-state index contributed by atoms with van der Waals surface area (Å²) in [5.74, 6) is 0.787. The molecule has 5 rings (SSSR count). The number of hydrogen-bond donors (Lipinski definition) is 1. The third-order valence-corrected chi connectivity index (χ3v) is 7.85. The Kier molecular flexibility index (Phi) is 8.47. The molecule has 0 atom stereocenters. The maximum atomic E-state index is 12.8. The van der Waals surface area contributed by atoms with Crippen molar-refractivity contribution in [3.05, 3.63) is 107 Å². The van der Waals surface area contributed by atoms with Gasteiger partial charge in [0.25, 0.3) is 5.91 Å². The van der Waals surface area contributed by atoms with Crippen LogP contribution < -0.4 is 5.32 Å². The van der Waals surface area contributed by atoms with Gasteiger partial charge in [-0.3, -0.25) is 14.6 Å². The number of nitrogens with one attached hydrogen (secondary N) is 1. The molecule has 1 N–H and O–H groups in total. The highest BCUT2D eigenvalue weighted by Gasteiger charge is 2.20. The van der Waals surface area contributed by atoms with Crippen molar-refractivity contribution in [1.29, 1.82) is 0 Å². The Morgan fingerprint density at radius 1 is 0.694 bits per heavy atom. The van der Waals surface area contributed by atoms with Gasteiger partial charge in [-0.15, -0.1) is 0 Å². The van der Waals surface area contributed by atoms with Crippen LogP contribution in [0.25, 0.3) is 0 Å².